The van der Waals surface area contributed by atoms with Gasteiger partial charge in [-0.05, 0) is 52.3 Å². The van der Waals surface area contributed by atoms with Crippen molar-refractivity contribution in [2.75, 3.05) is 27.3 Å². The summed E-state index contributed by atoms with van der Waals surface area (Å²) in [5.41, 5.74) is 0.551. The largest absolute Gasteiger partial charge is 0.497 e. The molecular weight excluding hydrogens is 382 g/mol. The van der Waals surface area contributed by atoms with Gasteiger partial charge in [-0.1, -0.05) is 17.7 Å². The lowest BCUT2D eigenvalue weighted by atomic mass is 10.2. The number of carbonyl (C=O) groups is 1. The molecule has 0 atom stereocenters. The van der Waals surface area contributed by atoms with Crippen LogP contribution in [0.15, 0.2) is 46.9 Å². The van der Waals surface area contributed by atoms with Crippen LogP contribution in [0.5, 0.6) is 11.5 Å². The van der Waals surface area contributed by atoms with Crippen LogP contribution in [0.4, 0.5) is 0 Å². The van der Waals surface area contributed by atoms with Crippen molar-refractivity contribution < 1.29 is 14.3 Å². The van der Waals surface area contributed by atoms with E-state index in [0.717, 1.165) is 4.47 Å². The molecule has 0 radical (unpaired) electrons. The summed E-state index contributed by atoms with van der Waals surface area (Å²) in [6.07, 6.45) is 0. The summed E-state index contributed by atoms with van der Waals surface area (Å²) in [5, 5.41) is 0.618. The Morgan fingerprint density at radius 3 is 2.70 bits per heavy atom. The maximum absolute atomic E-state index is 12.5. The van der Waals surface area contributed by atoms with Gasteiger partial charge in [0.05, 0.1) is 19.2 Å². The van der Waals surface area contributed by atoms with Crippen LogP contribution in [0.3, 0.4) is 0 Å². The molecule has 0 fully saturated rings. The summed E-state index contributed by atoms with van der Waals surface area (Å²) in [4.78, 5) is 14.1. The minimum atomic E-state index is -0.106. The Morgan fingerprint density at radius 2 is 2.00 bits per heavy atom. The van der Waals surface area contributed by atoms with E-state index in [2.05, 4.69) is 15.9 Å². The van der Waals surface area contributed by atoms with Crippen LogP contribution < -0.4 is 9.47 Å². The highest BCUT2D eigenvalue weighted by Gasteiger charge is 2.16. The van der Waals surface area contributed by atoms with Crippen molar-refractivity contribution in [3.05, 3.63) is 57.5 Å². The van der Waals surface area contributed by atoms with Crippen molar-refractivity contribution in [1.29, 1.82) is 0 Å². The van der Waals surface area contributed by atoms with Gasteiger partial charge in [-0.2, -0.15) is 0 Å². The lowest BCUT2D eigenvalue weighted by molar-refractivity contribution is 0.0772. The number of ether oxygens (including phenoxy) is 2. The van der Waals surface area contributed by atoms with Gasteiger partial charge in [0, 0.05) is 16.5 Å². The SMILES string of the molecule is COc1ccc(Br)c(C(=O)N(C)CCOc2cccc(Cl)c2)c1. The maximum Gasteiger partial charge on any atom is 0.254 e. The number of hydrogen-bond acceptors (Lipinski definition) is 3. The molecule has 4 nitrogen and oxygen atoms in total. The van der Waals surface area contributed by atoms with E-state index < -0.39 is 0 Å². The number of likely N-dealkylation sites (N-methyl/N-ethyl adjacent to an activating group) is 1. The van der Waals surface area contributed by atoms with E-state index in [4.69, 9.17) is 21.1 Å². The quantitative estimate of drug-likeness (QED) is 0.730. The minimum Gasteiger partial charge on any atom is -0.497 e. The Morgan fingerprint density at radius 1 is 1.22 bits per heavy atom. The molecule has 23 heavy (non-hydrogen) atoms. The second kappa shape index (κ2) is 8.22. The van der Waals surface area contributed by atoms with Crippen molar-refractivity contribution >= 4 is 33.4 Å². The predicted octanol–water partition coefficient (Wildman–Crippen LogP) is 4.26. The van der Waals surface area contributed by atoms with Crippen LogP contribution in [0.2, 0.25) is 5.02 Å². The third kappa shape index (κ3) is 4.88. The van der Waals surface area contributed by atoms with Gasteiger partial charge in [-0.25, -0.2) is 0 Å². The second-order valence-electron chi connectivity index (χ2n) is 4.88. The van der Waals surface area contributed by atoms with Gasteiger partial charge < -0.3 is 14.4 Å². The maximum atomic E-state index is 12.5. The summed E-state index contributed by atoms with van der Waals surface area (Å²) in [6.45, 7) is 0.833. The zero-order chi connectivity index (χ0) is 16.8. The Bertz CT molecular complexity index is 693. The average molecular weight is 399 g/mol. The topological polar surface area (TPSA) is 38.8 Å². The van der Waals surface area contributed by atoms with E-state index in [1.807, 2.05) is 12.1 Å². The lowest BCUT2D eigenvalue weighted by Gasteiger charge is -2.18. The van der Waals surface area contributed by atoms with E-state index in [1.165, 1.54) is 0 Å². The van der Waals surface area contributed by atoms with Crippen LogP contribution in [0.1, 0.15) is 10.4 Å². The molecular formula is C17H17BrClNO3. The number of hydrogen-bond donors (Lipinski definition) is 0. The molecule has 2 aromatic carbocycles. The fraction of sp³-hybridized carbons (Fsp3) is 0.235. The second-order valence-corrected chi connectivity index (χ2v) is 6.17. The van der Waals surface area contributed by atoms with E-state index in [9.17, 15) is 4.79 Å². The first-order valence-electron chi connectivity index (χ1n) is 6.98. The van der Waals surface area contributed by atoms with Gasteiger partial charge in [0.15, 0.2) is 0 Å². The zero-order valence-electron chi connectivity index (χ0n) is 12.9. The Hall–Kier alpha value is -1.72. The van der Waals surface area contributed by atoms with Crippen LogP contribution in [-0.2, 0) is 0 Å². The van der Waals surface area contributed by atoms with Gasteiger partial charge in [0.2, 0.25) is 0 Å². The number of carbonyl (C=O) groups excluding carboxylic acids is 1. The van der Waals surface area contributed by atoms with Gasteiger partial charge in [-0.15, -0.1) is 0 Å². The highest BCUT2D eigenvalue weighted by molar-refractivity contribution is 9.10. The molecule has 0 heterocycles. The predicted molar refractivity (Wildman–Crippen MR) is 94.6 cm³/mol. The molecule has 1 amide bonds. The highest BCUT2D eigenvalue weighted by atomic mass is 79.9. The molecule has 0 bridgehead atoms. The standard InChI is InChI=1S/C17H17BrClNO3/c1-20(8-9-23-14-5-3-4-12(19)10-14)17(21)15-11-13(22-2)6-7-16(15)18/h3-7,10-11H,8-9H2,1-2H3. The molecule has 0 aliphatic rings. The number of benzene rings is 2. The third-order valence-electron chi connectivity index (χ3n) is 3.24. The summed E-state index contributed by atoms with van der Waals surface area (Å²) >= 11 is 9.29. The molecule has 2 rings (SSSR count). The van der Waals surface area contributed by atoms with Crippen molar-refractivity contribution in [3.8, 4) is 11.5 Å². The molecule has 122 valence electrons. The normalized spacial score (nSPS) is 10.3. The molecule has 0 aromatic heterocycles. The smallest absolute Gasteiger partial charge is 0.254 e. The van der Waals surface area contributed by atoms with Gasteiger partial charge in [0.1, 0.15) is 18.1 Å². The summed E-state index contributed by atoms with van der Waals surface area (Å²) in [7, 11) is 3.30. The summed E-state index contributed by atoms with van der Waals surface area (Å²) in [6, 6.07) is 12.5. The van der Waals surface area contributed by atoms with E-state index in [0.29, 0.717) is 35.2 Å². The number of amides is 1. The molecule has 0 aliphatic carbocycles. The molecule has 0 spiro atoms. The van der Waals surface area contributed by atoms with Gasteiger partial charge in [-0.3, -0.25) is 4.79 Å². The Labute approximate surface area is 149 Å². The van der Waals surface area contributed by atoms with E-state index in [-0.39, 0.29) is 5.91 Å². The molecule has 0 unspecified atom stereocenters. The van der Waals surface area contributed by atoms with Gasteiger partial charge in [0.25, 0.3) is 5.91 Å². The number of rotatable bonds is 6. The average Bonchev–Trinajstić information content (AvgIpc) is 2.54. The van der Waals surface area contributed by atoms with Crippen molar-refractivity contribution in [1.82, 2.24) is 4.90 Å². The van der Waals surface area contributed by atoms with Crippen molar-refractivity contribution in [3.63, 3.8) is 0 Å². The molecule has 6 heteroatoms. The zero-order valence-corrected chi connectivity index (χ0v) is 15.2. The summed E-state index contributed by atoms with van der Waals surface area (Å²) < 4.78 is 11.5. The monoisotopic (exact) mass is 397 g/mol. The van der Waals surface area contributed by atoms with Crippen molar-refractivity contribution in [2.45, 2.75) is 0 Å². The molecule has 0 saturated carbocycles. The molecule has 0 aliphatic heterocycles. The van der Waals surface area contributed by atoms with E-state index >= 15 is 0 Å². The Kier molecular flexibility index (Phi) is 6.30. The van der Waals surface area contributed by atoms with Crippen LogP contribution >= 0.6 is 27.5 Å². The molecule has 0 N–H and O–H groups in total. The number of halogens is 2. The minimum absolute atomic E-state index is 0.106. The molecule has 2 aromatic rings. The van der Waals surface area contributed by atoms with Crippen LogP contribution in [0, 0.1) is 0 Å². The van der Waals surface area contributed by atoms with Gasteiger partial charge >= 0.3 is 0 Å². The fourth-order valence-corrected chi connectivity index (χ4v) is 2.56. The van der Waals surface area contributed by atoms with Crippen molar-refractivity contribution in [2.24, 2.45) is 0 Å². The first-order chi connectivity index (χ1) is 11.0. The van der Waals surface area contributed by atoms with Crippen LogP contribution in [-0.4, -0.2) is 38.1 Å². The summed E-state index contributed by atoms with van der Waals surface area (Å²) in [5.74, 6) is 1.21. The first-order valence-corrected chi connectivity index (χ1v) is 8.15. The Balaban J connectivity index is 1.95. The third-order valence-corrected chi connectivity index (χ3v) is 4.17. The lowest BCUT2D eigenvalue weighted by Crippen LogP contribution is -2.31. The molecule has 0 saturated heterocycles. The first kappa shape index (κ1) is 17.6. The number of methoxy groups -OCH3 is 1. The van der Waals surface area contributed by atoms with E-state index in [1.54, 1.807) is 49.4 Å². The number of nitrogens with zero attached hydrogens (tertiary/aromatic N) is 1. The van der Waals surface area contributed by atoms with Crippen LogP contribution in [0.25, 0.3) is 0 Å². The fourth-order valence-electron chi connectivity index (χ4n) is 1.96. The highest BCUT2D eigenvalue weighted by Crippen LogP contribution is 2.23.